The van der Waals surface area contributed by atoms with Crippen LogP contribution in [-0.4, -0.2) is 24.7 Å². The molecule has 0 saturated heterocycles. The van der Waals surface area contributed by atoms with E-state index in [0.29, 0.717) is 13.0 Å². The van der Waals surface area contributed by atoms with E-state index in [1.807, 2.05) is 25.1 Å². The molecule has 0 aliphatic carbocycles. The molecule has 0 aromatic heterocycles. The molecule has 0 saturated carbocycles. The van der Waals surface area contributed by atoms with Crippen molar-refractivity contribution in [2.75, 3.05) is 11.9 Å². The van der Waals surface area contributed by atoms with Crippen molar-refractivity contribution in [1.29, 1.82) is 0 Å². The number of hydrogen-bond donors (Lipinski definition) is 2. The van der Waals surface area contributed by atoms with E-state index in [2.05, 4.69) is 15.8 Å². The van der Waals surface area contributed by atoms with Crippen molar-refractivity contribution in [2.24, 2.45) is 11.0 Å². The number of anilines is 1. The van der Waals surface area contributed by atoms with Crippen LogP contribution in [0.2, 0.25) is 0 Å². The summed E-state index contributed by atoms with van der Waals surface area (Å²) in [5, 5.41) is 6.97. The van der Waals surface area contributed by atoms with E-state index in [1.54, 1.807) is 11.9 Å². The molecular formula is C14H16N4O2. The Kier molecular flexibility index (Phi) is 2.93. The van der Waals surface area contributed by atoms with Crippen molar-refractivity contribution in [2.45, 2.75) is 19.9 Å². The lowest BCUT2D eigenvalue weighted by molar-refractivity contribution is -0.121. The van der Waals surface area contributed by atoms with Gasteiger partial charge in [0.15, 0.2) is 0 Å². The zero-order valence-corrected chi connectivity index (χ0v) is 11.4. The fourth-order valence-corrected chi connectivity index (χ4v) is 2.61. The van der Waals surface area contributed by atoms with E-state index in [1.165, 1.54) is 0 Å². The summed E-state index contributed by atoms with van der Waals surface area (Å²) >= 11 is 0. The normalized spacial score (nSPS) is 21.8. The van der Waals surface area contributed by atoms with Gasteiger partial charge in [0, 0.05) is 25.9 Å². The molecule has 6 heteroatoms. The van der Waals surface area contributed by atoms with Gasteiger partial charge in [-0.1, -0.05) is 13.0 Å². The molecule has 2 aliphatic heterocycles. The fourth-order valence-electron chi connectivity index (χ4n) is 2.61. The van der Waals surface area contributed by atoms with Crippen LogP contribution < -0.4 is 15.6 Å². The summed E-state index contributed by atoms with van der Waals surface area (Å²) in [6.07, 6.45) is 0.451. The van der Waals surface area contributed by atoms with E-state index < -0.39 is 0 Å². The predicted molar refractivity (Wildman–Crippen MR) is 75.5 cm³/mol. The first-order valence-electron chi connectivity index (χ1n) is 6.57. The molecule has 1 unspecified atom stereocenters. The number of nitrogens with zero attached hydrogens (tertiary/aromatic N) is 2. The van der Waals surface area contributed by atoms with Crippen LogP contribution in [0.25, 0.3) is 0 Å². The number of fused-ring (bicyclic) bond motifs is 1. The summed E-state index contributed by atoms with van der Waals surface area (Å²) in [5.41, 5.74) is 6.35. The minimum atomic E-state index is -0.0964. The highest BCUT2D eigenvalue weighted by Crippen LogP contribution is 2.26. The van der Waals surface area contributed by atoms with Gasteiger partial charge in [0.25, 0.3) is 0 Å². The summed E-state index contributed by atoms with van der Waals surface area (Å²) in [5.74, 6) is 0.0453. The third-order valence-corrected chi connectivity index (χ3v) is 3.73. The number of carbonyl (C=O) groups excluding carboxylic acids is 2. The summed E-state index contributed by atoms with van der Waals surface area (Å²) in [7, 11) is 1.74. The second-order valence-corrected chi connectivity index (χ2v) is 5.20. The van der Waals surface area contributed by atoms with Crippen molar-refractivity contribution in [1.82, 2.24) is 10.7 Å². The van der Waals surface area contributed by atoms with E-state index >= 15 is 0 Å². The summed E-state index contributed by atoms with van der Waals surface area (Å²) < 4.78 is 0. The monoisotopic (exact) mass is 272 g/mol. The quantitative estimate of drug-likeness (QED) is 0.806. The lowest BCUT2D eigenvalue weighted by atomic mass is 9.92. The Morgan fingerprint density at radius 1 is 1.35 bits per heavy atom. The van der Waals surface area contributed by atoms with Gasteiger partial charge in [-0.3, -0.25) is 9.69 Å². The second-order valence-electron chi connectivity index (χ2n) is 5.20. The predicted octanol–water partition coefficient (Wildman–Crippen LogP) is 1.21. The van der Waals surface area contributed by atoms with Crippen LogP contribution in [0.3, 0.4) is 0 Å². The third-order valence-electron chi connectivity index (χ3n) is 3.73. The maximum Gasteiger partial charge on any atom is 0.321 e. The van der Waals surface area contributed by atoms with Crippen molar-refractivity contribution in [3.05, 3.63) is 29.3 Å². The smallest absolute Gasteiger partial charge is 0.321 e. The number of hydrazone groups is 1. The van der Waals surface area contributed by atoms with Crippen molar-refractivity contribution in [3.63, 3.8) is 0 Å². The van der Waals surface area contributed by atoms with Crippen molar-refractivity contribution in [3.8, 4) is 0 Å². The Labute approximate surface area is 116 Å². The molecule has 1 aromatic carbocycles. The molecule has 1 aromatic rings. The van der Waals surface area contributed by atoms with Crippen LogP contribution in [-0.2, 0) is 11.3 Å². The molecule has 1 atom stereocenters. The zero-order chi connectivity index (χ0) is 14.3. The van der Waals surface area contributed by atoms with Crippen molar-refractivity contribution >= 4 is 23.3 Å². The summed E-state index contributed by atoms with van der Waals surface area (Å²) in [4.78, 5) is 24.5. The number of nitrogens with one attached hydrogen (secondary N) is 2. The maximum atomic E-state index is 11.6. The minimum Gasteiger partial charge on any atom is -0.334 e. The van der Waals surface area contributed by atoms with Gasteiger partial charge in [-0.05, 0) is 23.3 Å². The number of hydrogen-bond acceptors (Lipinski definition) is 3. The Hall–Kier alpha value is -2.37. The SMILES string of the molecule is CC1CC(=O)NN=C1c1ccc2c(c1)CNC(=O)N2C. The van der Waals surface area contributed by atoms with Gasteiger partial charge in [0.05, 0.1) is 11.4 Å². The lowest BCUT2D eigenvalue weighted by Crippen LogP contribution is -2.41. The number of carbonyl (C=O) groups is 2. The molecular weight excluding hydrogens is 256 g/mol. The molecule has 3 amide bonds. The van der Waals surface area contributed by atoms with Gasteiger partial charge < -0.3 is 5.32 Å². The molecule has 2 aliphatic rings. The van der Waals surface area contributed by atoms with Crippen LogP contribution in [0.15, 0.2) is 23.3 Å². The fraction of sp³-hybridized carbons (Fsp3) is 0.357. The van der Waals surface area contributed by atoms with Gasteiger partial charge in [-0.15, -0.1) is 0 Å². The molecule has 0 fully saturated rings. The van der Waals surface area contributed by atoms with Crippen LogP contribution in [0.5, 0.6) is 0 Å². The van der Waals surface area contributed by atoms with Gasteiger partial charge in [0.2, 0.25) is 5.91 Å². The third kappa shape index (κ3) is 2.03. The Bertz CT molecular complexity index is 624. The number of amides is 3. The molecule has 104 valence electrons. The maximum absolute atomic E-state index is 11.6. The van der Waals surface area contributed by atoms with E-state index in [9.17, 15) is 9.59 Å². The first kappa shape index (κ1) is 12.7. The lowest BCUT2D eigenvalue weighted by Gasteiger charge is -2.27. The van der Waals surface area contributed by atoms with E-state index in [0.717, 1.165) is 22.5 Å². The van der Waals surface area contributed by atoms with E-state index in [4.69, 9.17) is 0 Å². The molecule has 6 nitrogen and oxygen atoms in total. The number of urea groups is 1. The molecule has 3 rings (SSSR count). The second kappa shape index (κ2) is 4.63. The topological polar surface area (TPSA) is 73.8 Å². The standard InChI is InChI=1S/C14H16N4O2/c1-8-5-12(19)16-17-13(8)9-3-4-11-10(6-9)7-15-14(20)18(11)2/h3-4,6,8H,5,7H2,1-2H3,(H,15,20)(H,16,19). The van der Waals surface area contributed by atoms with Crippen molar-refractivity contribution < 1.29 is 9.59 Å². The van der Waals surface area contributed by atoms with Gasteiger partial charge in [0.1, 0.15) is 0 Å². The highest BCUT2D eigenvalue weighted by atomic mass is 16.2. The van der Waals surface area contributed by atoms with Crippen LogP contribution in [0, 0.1) is 5.92 Å². The molecule has 0 radical (unpaired) electrons. The van der Waals surface area contributed by atoms with E-state index in [-0.39, 0.29) is 17.9 Å². The number of rotatable bonds is 1. The molecule has 2 N–H and O–H groups in total. The summed E-state index contributed by atoms with van der Waals surface area (Å²) in [6, 6.07) is 5.80. The highest BCUT2D eigenvalue weighted by Gasteiger charge is 2.24. The zero-order valence-electron chi connectivity index (χ0n) is 11.4. The molecule has 0 spiro atoms. The molecule has 0 bridgehead atoms. The highest BCUT2D eigenvalue weighted by molar-refractivity contribution is 6.06. The first-order chi connectivity index (χ1) is 9.56. The van der Waals surface area contributed by atoms with Crippen LogP contribution in [0.1, 0.15) is 24.5 Å². The minimum absolute atomic E-state index is 0.0498. The van der Waals surface area contributed by atoms with Gasteiger partial charge in [-0.2, -0.15) is 5.10 Å². The first-order valence-corrected chi connectivity index (χ1v) is 6.57. The average molecular weight is 272 g/mol. The van der Waals surface area contributed by atoms with Crippen LogP contribution >= 0.6 is 0 Å². The average Bonchev–Trinajstić information content (AvgIpc) is 2.43. The number of benzene rings is 1. The van der Waals surface area contributed by atoms with Gasteiger partial charge in [-0.25, -0.2) is 10.2 Å². The Balaban J connectivity index is 1.97. The summed E-state index contributed by atoms with van der Waals surface area (Å²) in [6.45, 7) is 2.51. The Morgan fingerprint density at radius 3 is 2.90 bits per heavy atom. The van der Waals surface area contributed by atoms with Gasteiger partial charge >= 0.3 is 6.03 Å². The molecule has 20 heavy (non-hydrogen) atoms. The Morgan fingerprint density at radius 2 is 2.15 bits per heavy atom. The largest absolute Gasteiger partial charge is 0.334 e. The molecule has 2 heterocycles. The van der Waals surface area contributed by atoms with Crippen LogP contribution in [0.4, 0.5) is 10.5 Å².